The summed E-state index contributed by atoms with van der Waals surface area (Å²) < 4.78 is 5.50. The van der Waals surface area contributed by atoms with Crippen LogP contribution in [0.3, 0.4) is 0 Å². The molecule has 2 aliphatic rings. The van der Waals surface area contributed by atoms with Crippen LogP contribution in [-0.2, 0) is 10.2 Å². The Kier molecular flexibility index (Phi) is 4.23. The zero-order valence-electron chi connectivity index (χ0n) is 13.6. The Bertz CT molecular complexity index is 494. The van der Waals surface area contributed by atoms with E-state index in [1.54, 1.807) is 0 Å². The predicted octanol–water partition coefficient (Wildman–Crippen LogP) is 3.22. The van der Waals surface area contributed by atoms with E-state index in [-0.39, 0.29) is 5.41 Å². The van der Waals surface area contributed by atoms with Gasteiger partial charge in [-0.05, 0) is 63.0 Å². The highest BCUT2D eigenvalue weighted by atomic mass is 16.5. The SMILES string of the molecule is CN(C)CCC1(C)CNc2ccc(C3CCOCC3)cc21. The van der Waals surface area contributed by atoms with Gasteiger partial charge in [-0.25, -0.2) is 0 Å². The number of nitrogens with zero attached hydrogens (tertiary/aromatic N) is 1. The highest BCUT2D eigenvalue weighted by Gasteiger charge is 2.34. The summed E-state index contributed by atoms with van der Waals surface area (Å²) in [6, 6.07) is 7.08. The average molecular weight is 288 g/mol. The minimum absolute atomic E-state index is 0.265. The molecule has 3 heteroatoms. The Labute approximate surface area is 128 Å². The molecule has 0 aromatic heterocycles. The monoisotopic (exact) mass is 288 g/mol. The highest BCUT2D eigenvalue weighted by Crippen LogP contribution is 2.41. The van der Waals surface area contributed by atoms with Crippen molar-refractivity contribution < 1.29 is 4.74 Å². The van der Waals surface area contributed by atoms with Crippen LogP contribution < -0.4 is 5.32 Å². The van der Waals surface area contributed by atoms with Gasteiger partial charge < -0.3 is 15.0 Å². The first-order chi connectivity index (χ1) is 10.1. The van der Waals surface area contributed by atoms with Crippen LogP contribution in [0, 0.1) is 0 Å². The molecule has 0 saturated carbocycles. The third-order valence-electron chi connectivity index (χ3n) is 5.17. The Morgan fingerprint density at radius 1 is 1.29 bits per heavy atom. The number of benzene rings is 1. The van der Waals surface area contributed by atoms with E-state index in [0.29, 0.717) is 5.92 Å². The molecule has 1 fully saturated rings. The smallest absolute Gasteiger partial charge is 0.0471 e. The Balaban J connectivity index is 1.82. The van der Waals surface area contributed by atoms with Crippen molar-refractivity contribution in [2.45, 2.75) is 37.5 Å². The minimum Gasteiger partial charge on any atom is -0.384 e. The number of rotatable bonds is 4. The number of nitrogens with one attached hydrogen (secondary N) is 1. The molecule has 1 N–H and O–H groups in total. The molecule has 0 radical (unpaired) electrons. The summed E-state index contributed by atoms with van der Waals surface area (Å²) in [5.74, 6) is 0.683. The van der Waals surface area contributed by atoms with Gasteiger partial charge in [0.25, 0.3) is 0 Å². The van der Waals surface area contributed by atoms with E-state index >= 15 is 0 Å². The molecule has 1 aromatic rings. The van der Waals surface area contributed by atoms with Crippen LogP contribution in [0.15, 0.2) is 18.2 Å². The number of fused-ring (bicyclic) bond motifs is 1. The molecule has 1 atom stereocenters. The van der Waals surface area contributed by atoms with Crippen molar-refractivity contribution in [2.75, 3.05) is 45.7 Å². The van der Waals surface area contributed by atoms with Crippen molar-refractivity contribution >= 4 is 5.69 Å². The van der Waals surface area contributed by atoms with E-state index in [1.165, 1.54) is 36.1 Å². The Morgan fingerprint density at radius 3 is 2.76 bits per heavy atom. The second-order valence-corrected chi connectivity index (χ2v) is 7.16. The predicted molar refractivity (Wildman–Crippen MR) is 88.2 cm³/mol. The number of ether oxygens (including phenoxy) is 1. The van der Waals surface area contributed by atoms with E-state index in [2.05, 4.69) is 49.4 Å². The van der Waals surface area contributed by atoms with Gasteiger partial charge in [0.2, 0.25) is 0 Å². The topological polar surface area (TPSA) is 24.5 Å². The number of anilines is 1. The van der Waals surface area contributed by atoms with Crippen LogP contribution in [0.4, 0.5) is 5.69 Å². The maximum atomic E-state index is 5.50. The second kappa shape index (κ2) is 5.98. The van der Waals surface area contributed by atoms with Gasteiger partial charge in [0, 0.05) is 30.9 Å². The molecule has 0 bridgehead atoms. The molecule has 2 heterocycles. The second-order valence-electron chi connectivity index (χ2n) is 7.16. The van der Waals surface area contributed by atoms with Gasteiger partial charge >= 0.3 is 0 Å². The lowest BCUT2D eigenvalue weighted by Crippen LogP contribution is -2.29. The summed E-state index contributed by atoms with van der Waals surface area (Å²) in [6.45, 7) is 6.44. The Morgan fingerprint density at radius 2 is 2.05 bits per heavy atom. The van der Waals surface area contributed by atoms with Crippen molar-refractivity contribution in [3.8, 4) is 0 Å². The third-order valence-corrected chi connectivity index (χ3v) is 5.17. The largest absolute Gasteiger partial charge is 0.384 e. The van der Waals surface area contributed by atoms with Gasteiger partial charge in [-0.15, -0.1) is 0 Å². The number of hydrogen-bond donors (Lipinski definition) is 1. The molecule has 21 heavy (non-hydrogen) atoms. The van der Waals surface area contributed by atoms with Crippen molar-refractivity contribution in [1.82, 2.24) is 4.90 Å². The van der Waals surface area contributed by atoms with Crippen LogP contribution >= 0.6 is 0 Å². The van der Waals surface area contributed by atoms with E-state index in [9.17, 15) is 0 Å². The highest BCUT2D eigenvalue weighted by molar-refractivity contribution is 5.61. The molecule has 2 aliphatic heterocycles. The van der Waals surface area contributed by atoms with Crippen LogP contribution in [-0.4, -0.2) is 45.3 Å². The lowest BCUT2D eigenvalue weighted by molar-refractivity contribution is 0.0853. The lowest BCUT2D eigenvalue weighted by atomic mass is 9.79. The first-order valence-corrected chi connectivity index (χ1v) is 8.19. The van der Waals surface area contributed by atoms with Crippen molar-refractivity contribution in [1.29, 1.82) is 0 Å². The molecule has 3 nitrogen and oxygen atoms in total. The maximum Gasteiger partial charge on any atom is 0.0471 e. The average Bonchev–Trinajstić information content (AvgIpc) is 2.84. The van der Waals surface area contributed by atoms with Crippen LogP contribution in [0.1, 0.15) is 43.2 Å². The van der Waals surface area contributed by atoms with E-state index in [1.807, 2.05) is 0 Å². The Hall–Kier alpha value is -1.06. The van der Waals surface area contributed by atoms with Crippen molar-refractivity contribution in [3.05, 3.63) is 29.3 Å². The molecular formula is C18H28N2O. The zero-order valence-corrected chi connectivity index (χ0v) is 13.6. The molecule has 1 saturated heterocycles. The van der Waals surface area contributed by atoms with Gasteiger partial charge in [0.15, 0.2) is 0 Å². The summed E-state index contributed by atoms with van der Waals surface area (Å²) in [4.78, 5) is 2.28. The standard InChI is InChI=1S/C18H28N2O/c1-18(8-9-20(2)3)13-19-17-5-4-15(12-16(17)18)14-6-10-21-11-7-14/h4-5,12,14,19H,6-11,13H2,1-3H3. The van der Waals surface area contributed by atoms with Crippen molar-refractivity contribution in [3.63, 3.8) is 0 Å². The van der Waals surface area contributed by atoms with Crippen LogP contribution in [0.25, 0.3) is 0 Å². The van der Waals surface area contributed by atoms with Gasteiger partial charge in [-0.2, -0.15) is 0 Å². The summed E-state index contributed by atoms with van der Waals surface area (Å²) in [7, 11) is 4.32. The number of hydrogen-bond acceptors (Lipinski definition) is 3. The third kappa shape index (κ3) is 3.09. The quantitative estimate of drug-likeness (QED) is 0.920. The maximum absolute atomic E-state index is 5.50. The van der Waals surface area contributed by atoms with Gasteiger partial charge in [-0.1, -0.05) is 19.1 Å². The fourth-order valence-electron chi connectivity index (χ4n) is 3.58. The summed E-state index contributed by atoms with van der Waals surface area (Å²) in [5, 5.41) is 3.60. The van der Waals surface area contributed by atoms with Crippen molar-refractivity contribution in [2.24, 2.45) is 0 Å². The minimum atomic E-state index is 0.265. The van der Waals surface area contributed by atoms with Crippen LogP contribution in [0.2, 0.25) is 0 Å². The molecular weight excluding hydrogens is 260 g/mol. The summed E-state index contributed by atoms with van der Waals surface area (Å²) in [5.41, 5.74) is 4.64. The van der Waals surface area contributed by atoms with Gasteiger partial charge in [-0.3, -0.25) is 0 Å². The fourth-order valence-corrected chi connectivity index (χ4v) is 3.58. The van der Waals surface area contributed by atoms with E-state index in [0.717, 1.165) is 26.3 Å². The van der Waals surface area contributed by atoms with E-state index in [4.69, 9.17) is 4.74 Å². The first-order valence-electron chi connectivity index (χ1n) is 8.19. The lowest BCUT2D eigenvalue weighted by Gasteiger charge is -2.28. The normalized spacial score (nSPS) is 25.9. The van der Waals surface area contributed by atoms with Crippen LogP contribution in [0.5, 0.6) is 0 Å². The molecule has 1 aromatic carbocycles. The molecule has 0 amide bonds. The van der Waals surface area contributed by atoms with Gasteiger partial charge in [0.1, 0.15) is 0 Å². The molecule has 0 spiro atoms. The van der Waals surface area contributed by atoms with E-state index < -0.39 is 0 Å². The fraction of sp³-hybridized carbons (Fsp3) is 0.667. The zero-order chi connectivity index (χ0) is 14.9. The summed E-state index contributed by atoms with van der Waals surface area (Å²) in [6.07, 6.45) is 3.54. The molecule has 3 rings (SSSR count). The molecule has 0 aliphatic carbocycles. The molecule has 116 valence electrons. The van der Waals surface area contributed by atoms with Gasteiger partial charge in [0.05, 0.1) is 0 Å². The molecule has 1 unspecified atom stereocenters. The summed E-state index contributed by atoms with van der Waals surface area (Å²) >= 11 is 0. The first kappa shape index (κ1) is 14.9.